The van der Waals surface area contributed by atoms with Gasteiger partial charge in [-0.05, 0) is 42.5 Å². The summed E-state index contributed by atoms with van der Waals surface area (Å²) in [5.74, 6) is -0.338. The molecule has 0 amide bonds. The van der Waals surface area contributed by atoms with Crippen LogP contribution >= 0.6 is 11.6 Å². The van der Waals surface area contributed by atoms with Crippen molar-refractivity contribution in [1.82, 2.24) is 9.55 Å². The number of halogens is 2. The minimum Gasteiger partial charge on any atom is -0.305 e. The largest absolute Gasteiger partial charge is 0.331 e. The highest BCUT2D eigenvalue weighted by Crippen LogP contribution is 2.19. The molecule has 1 N–H and O–H groups in total. The fraction of sp³-hybridized carbons (Fsp3) is 0. The molecule has 0 aliphatic rings. The molecule has 0 saturated carbocycles. The number of hydrogen-bond donors (Lipinski definition) is 1. The Bertz CT molecular complexity index is 774. The van der Waals surface area contributed by atoms with E-state index < -0.39 is 0 Å². The molecular formula is C13H8ClFN2O. The van der Waals surface area contributed by atoms with Gasteiger partial charge < -0.3 is 4.98 Å². The van der Waals surface area contributed by atoms with Crippen LogP contribution in [-0.2, 0) is 0 Å². The lowest BCUT2D eigenvalue weighted by Crippen LogP contribution is -2.14. The van der Waals surface area contributed by atoms with E-state index in [9.17, 15) is 9.18 Å². The third-order valence-corrected chi connectivity index (χ3v) is 2.96. The third kappa shape index (κ3) is 1.71. The minimum atomic E-state index is -0.338. The van der Waals surface area contributed by atoms with E-state index in [1.807, 2.05) is 0 Å². The van der Waals surface area contributed by atoms with Gasteiger partial charge in [-0.2, -0.15) is 0 Å². The van der Waals surface area contributed by atoms with Crippen molar-refractivity contribution in [2.75, 3.05) is 0 Å². The van der Waals surface area contributed by atoms with Crippen molar-refractivity contribution in [2.45, 2.75) is 0 Å². The zero-order valence-corrected chi connectivity index (χ0v) is 9.91. The Labute approximate surface area is 106 Å². The molecule has 0 unspecified atom stereocenters. The Morgan fingerprint density at radius 1 is 1.11 bits per heavy atom. The van der Waals surface area contributed by atoms with E-state index in [2.05, 4.69) is 4.98 Å². The Morgan fingerprint density at radius 2 is 1.83 bits per heavy atom. The zero-order valence-electron chi connectivity index (χ0n) is 9.15. The van der Waals surface area contributed by atoms with Crippen molar-refractivity contribution in [2.24, 2.45) is 0 Å². The second-order valence-electron chi connectivity index (χ2n) is 3.90. The molecule has 0 spiro atoms. The van der Waals surface area contributed by atoms with Crippen LogP contribution < -0.4 is 5.69 Å². The summed E-state index contributed by atoms with van der Waals surface area (Å²) in [6, 6.07) is 10.9. The molecule has 0 fully saturated rings. The molecule has 18 heavy (non-hydrogen) atoms. The molecule has 1 aromatic heterocycles. The van der Waals surface area contributed by atoms with Gasteiger partial charge in [0.15, 0.2) is 0 Å². The van der Waals surface area contributed by atoms with E-state index in [0.29, 0.717) is 21.7 Å². The zero-order chi connectivity index (χ0) is 12.7. The second-order valence-corrected chi connectivity index (χ2v) is 4.34. The molecule has 0 atom stereocenters. The Balaban J connectivity index is 2.32. The van der Waals surface area contributed by atoms with E-state index in [4.69, 9.17) is 11.6 Å². The summed E-state index contributed by atoms with van der Waals surface area (Å²) in [7, 11) is 0. The fourth-order valence-corrected chi connectivity index (χ4v) is 2.10. The van der Waals surface area contributed by atoms with Gasteiger partial charge in [0.1, 0.15) is 5.82 Å². The lowest BCUT2D eigenvalue weighted by atomic mass is 10.3. The number of imidazole rings is 1. The number of nitrogens with zero attached hydrogens (tertiary/aromatic N) is 1. The number of hydrogen-bond acceptors (Lipinski definition) is 1. The summed E-state index contributed by atoms with van der Waals surface area (Å²) >= 11 is 5.87. The topological polar surface area (TPSA) is 37.8 Å². The molecule has 3 nitrogen and oxygen atoms in total. The van der Waals surface area contributed by atoms with Gasteiger partial charge >= 0.3 is 5.69 Å². The van der Waals surface area contributed by atoms with Crippen LogP contribution in [0.4, 0.5) is 4.39 Å². The van der Waals surface area contributed by atoms with E-state index in [-0.39, 0.29) is 11.5 Å². The van der Waals surface area contributed by atoms with Gasteiger partial charge in [-0.3, -0.25) is 4.57 Å². The monoisotopic (exact) mass is 262 g/mol. The highest BCUT2D eigenvalue weighted by molar-refractivity contribution is 6.31. The maximum absolute atomic E-state index is 12.9. The van der Waals surface area contributed by atoms with Gasteiger partial charge in [-0.15, -0.1) is 0 Å². The molecule has 3 rings (SSSR count). The SMILES string of the molecule is O=c1[nH]c2cc(Cl)ccc2n1-c1ccc(F)cc1. The Kier molecular flexibility index (Phi) is 2.45. The summed E-state index contributed by atoms with van der Waals surface area (Å²) in [6.45, 7) is 0. The quantitative estimate of drug-likeness (QED) is 0.719. The van der Waals surface area contributed by atoms with Gasteiger partial charge in [0.25, 0.3) is 0 Å². The molecule has 3 aromatic rings. The first-order valence-electron chi connectivity index (χ1n) is 5.31. The summed E-state index contributed by atoms with van der Waals surface area (Å²) in [6.07, 6.45) is 0. The van der Waals surface area contributed by atoms with E-state index in [1.165, 1.54) is 16.7 Å². The van der Waals surface area contributed by atoms with Gasteiger partial charge in [-0.25, -0.2) is 9.18 Å². The van der Waals surface area contributed by atoms with Gasteiger partial charge in [0.2, 0.25) is 0 Å². The summed E-state index contributed by atoms with van der Waals surface area (Å²) in [5.41, 5.74) is 1.68. The van der Waals surface area contributed by atoms with E-state index in [0.717, 1.165) is 0 Å². The summed E-state index contributed by atoms with van der Waals surface area (Å²) in [4.78, 5) is 14.6. The minimum absolute atomic E-state index is 0.279. The average molecular weight is 263 g/mol. The van der Waals surface area contributed by atoms with Crippen molar-refractivity contribution in [3.63, 3.8) is 0 Å². The number of fused-ring (bicyclic) bond motifs is 1. The van der Waals surface area contributed by atoms with Gasteiger partial charge in [0, 0.05) is 5.02 Å². The number of H-pyrrole nitrogens is 1. The van der Waals surface area contributed by atoms with Crippen LogP contribution in [0.25, 0.3) is 16.7 Å². The first-order chi connectivity index (χ1) is 8.65. The molecule has 0 radical (unpaired) electrons. The first kappa shape index (κ1) is 11.0. The Hall–Kier alpha value is -2.07. The van der Waals surface area contributed by atoms with Crippen molar-refractivity contribution < 1.29 is 4.39 Å². The summed E-state index contributed by atoms with van der Waals surface area (Å²) in [5, 5.41) is 0.551. The predicted octanol–water partition coefficient (Wildman–Crippen LogP) is 3.11. The molecule has 1 heterocycles. The average Bonchev–Trinajstić information content (AvgIpc) is 2.65. The fourth-order valence-electron chi connectivity index (χ4n) is 1.93. The number of nitrogens with one attached hydrogen (secondary N) is 1. The molecule has 5 heteroatoms. The number of rotatable bonds is 1. The summed E-state index contributed by atoms with van der Waals surface area (Å²) < 4.78 is 14.4. The number of benzene rings is 2. The normalized spacial score (nSPS) is 11.0. The maximum atomic E-state index is 12.9. The van der Waals surface area contributed by atoms with Crippen LogP contribution in [0.2, 0.25) is 5.02 Å². The predicted molar refractivity (Wildman–Crippen MR) is 68.9 cm³/mol. The number of aromatic amines is 1. The van der Waals surface area contributed by atoms with Crippen LogP contribution in [-0.4, -0.2) is 9.55 Å². The third-order valence-electron chi connectivity index (χ3n) is 2.73. The van der Waals surface area contributed by atoms with Crippen molar-refractivity contribution in [3.05, 3.63) is 63.8 Å². The highest BCUT2D eigenvalue weighted by atomic mass is 35.5. The van der Waals surface area contributed by atoms with Crippen LogP contribution in [0.1, 0.15) is 0 Å². The molecule has 0 saturated heterocycles. The maximum Gasteiger partial charge on any atom is 0.331 e. The first-order valence-corrected chi connectivity index (χ1v) is 5.69. The van der Waals surface area contributed by atoms with Crippen molar-refractivity contribution in [1.29, 1.82) is 0 Å². The van der Waals surface area contributed by atoms with E-state index in [1.54, 1.807) is 30.3 Å². The van der Waals surface area contributed by atoms with Crippen LogP contribution in [0, 0.1) is 5.82 Å². The molecular weight excluding hydrogens is 255 g/mol. The molecule has 90 valence electrons. The lowest BCUT2D eigenvalue weighted by molar-refractivity contribution is 0.627. The molecule has 0 bridgehead atoms. The van der Waals surface area contributed by atoms with Crippen molar-refractivity contribution >= 4 is 22.6 Å². The molecule has 0 aliphatic carbocycles. The second kappa shape index (κ2) is 3.99. The standard InChI is InChI=1S/C13H8ClFN2O/c14-8-1-6-12-11(7-8)16-13(18)17(12)10-4-2-9(15)3-5-10/h1-7H,(H,16,18). The molecule has 2 aromatic carbocycles. The van der Waals surface area contributed by atoms with Crippen molar-refractivity contribution in [3.8, 4) is 5.69 Å². The van der Waals surface area contributed by atoms with E-state index >= 15 is 0 Å². The highest BCUT2D eigenvalue weighted by Gasteiger charge is 2.08. The van der Waals surface area contributed by atoms with Crippen LogP contribution in [0.15, 0.2) is 47.3 Å². The van der Waals surface area contributed by atoms with Gasteiger partial charge in [0.05, 0.1) is 16.7 Å². The van der Waals surface area contributed by atoms with Crippen LogP contribution in [0.3, 0.4) is 0 Å². The number of aromatic nitrogens is 2. The Morgan fingerprint density at radius 3 is 2.56 bits per heavy atom. The molecule has 0 aliphatic heterocycles. The van der Waals surface area contributed by atoms with Gasteiger partial charge in [-0.1, -0.05) is 11.6 Å². The smallest absolute Gasteiger partial charge is 0.305 e. The van der Waals surface area contributed by atoms with Crippen LogP contribution in [0.5, 0.6) is 0 Å². The lowest BCUT2D eigenvalue weighted by Gasteiger charge is -2.02.